The topological polar surface area (TPSA) is 126 Å². The Labute approximate surface area is 204 Å². The number of benzene rings is 1. The SMILES string of the molecule is CCOC(=O)N1CCC(NC(=O)C2(NC(=O)c3c(-c4ccccc4)noc3C)CCNCC2)CC1. The number of nitrogens with zero attached hydrogens (tertiary/aromatic N) is 2. The Morgan fingerprint density at radius 1 is 1.17 bits per heavy atom. The fourth-order valence-electron chi connectivity index (χ4n) is 4.72. The molecule has 0 saturated carbocycles. The normalized spacial score (nSPS) is 18.1. The van der Waals surface area contributed by atoms with Crippen LogP contribution in [0.3, 0.4) is 0 Å². The summed E-state index contributed by atoms with van der Waals surface area (Å²) in [5.41, 5.74) is 0.519. The molecule has 3 N–H and O–H groups in total. The molecule has 1 aromatic heterocycles. The molecular formula is C25H33N5O5. The van der Waals surface area contributed by atoms with Gasteiger partial charge in [0.15, 0.2) is 0 Å². The molecule has 35 heavy (non-hydrogen) atoms. The molecule has 1 aromatic carbocycles. The van der Waals surface area contributed by atoms with E-state index in [0.717, 1.165) is 5.56 Å². The van der Waals surface area contributed by atoms with Gasteiger partial charge in [0.1, 0.15) is 22.6 Å². The van der Waals surface area contributed by atoms with E-state index in [1.807, 2.05) is 30.3 Å². The van der Waals surface area contributed by atoms with Crippen LogP contribution < -0.4 is 16.0 Å². The van der Waals surface area contributed by atoms with Gasteiger partial charge >= 0.3 is 6.09 Å². The first kappa shape index (κ1) is 24.7. The number of hydrogen-bond acceptors (Lipinski definition) is 7. The Hall–Kier alpha value is -3.40. The Morgan fingerprint density at radius 3 is 2.51 bits per heavy atom. The van der Waals surface area contributed by atoms with Crippen molar-refractivity contribution in [3.63, 3.8) is 0 Å². The first-order chi connectivity index (χ1) is 16.9. The van der Waals surface area contributed by atoms with E-state index < -0.39 is 5.54 Å². The van der Waals surface area contributed by atoms with Crippen molar-refractivity contribution in [1.82, 2.24) is 26.0 Å². The molecule has 2 aromatic rings. The summed E-state index contributed by atoms with van der Waals surface area (Å²) < 4.78 is 10.4. The standard InChI is InChI=1S/C25H33N5O5/c1-3-34-24(33)30-15-9-19(10-16-30)27-23(32)25(11-13-26-14-12-25)28-22(31)20-17(2)35-29-21(20)18-7-5-4-6-8-18/h4-8,19,26H,3,9-16H2,1-2H3,(H,27,32)(H,28,31). The zero-order valence-electron chi connectivity index (χ0n) is 20.3. The second-order valence-electron chi connectivity index (χ2n) is 9.05. The van der Waals surface area contributed by atoms with Crippen LogP contribution in [0.2, 0.25) is 0 Å². The summed E-state index contributed by atoms with van der Waals surface area (Å²) in [6.07, 6.45) is 1.89. The van der Waals surface area contributed by atoms with Crippen molar-refractivity contribution < 1.29 is 23.6 Å². The van der Waals surface area contributed by atoms with Crippen LogP contribution in [0.15, 0.2) is 34.9 Å². The maximum atomic E-state index is 13.6. The molecule has 2 aliphatic rings. The smallest absolute Gasteiger partial charge is 0.409 e. The number of rotatable bonds is 6. The Bertz CT molecular complexity index is 1040. The minimum atomic E-state index is -1.04. The lowest BCUT2D eigenvalue weighted by Gasteiger charge is -2.39. The molecule has 3 heterocycles. The molecule has 0 spiro atoms. The highest BCUT2D eigenvalue weighted by atomic mass is 16.6. The van der Waals surface area contributed by atoms with Crippen LogP contribution in [-0.4, -0.2) is 72.3 Å². The summed E-state index contributed by atoms with van der Waals surface area (Å²) in [6, 6.07) is 9.29. The third-order valence-corrected chi connectivity index (χ3v) is 6.74. The van der Waals surface area contributed by atoms with Crippen LogP contribution in [0.4, 0.5) is 4.79 Å². The van der Waals surface area contributed by atoms with Gasteiger partial charge in [-0.3, -0.25) is 9.59 Å². The number of aryl methyl sites for hydroxylation is 1. The minimum Gasteiger partial charge on any atom is -0.450 e. The second-order valence-corrected chi connectivity index (χ2v) is 9.05. The summed E-state index contributed by atoms with van der Waals surface area (Å²) in [4.78, 5) is 40.7. The summed E-state index contributed by atoms with van der Waals surface area (Å²) in [6.45, 7) is 6.08. The monoisotopic (exact) mass is 483 g/mol. The number of likely N-dealkylation sites (tertiary alicyclic amines) is 1. The van der Waals surface area contributed by atoms with Crippen molar-refractivity contribution in [3.05, 3.63) is 41.7 Å². The molecule has 0 aliphatic carbocycles. The lowest BCUT2D eigenvalue weighted by atomic mass is 9.86. The van der Waals surface area contributed by atoms with Crippen LogP contribution in [0.1, 0.15) is 48.7 Å². The average Bonchev–Trinajstić information content (AvgIpc) is 3.27. The Balaban J connectivity index is 1.47. The van der Waals surface area contributed by atoms with E-state index in [2.05, 4.69) is 21.1 Å². The van der Waals surface area contributed by atoms with Crippen molar-refractivity contribution in [2.45, 2.75) is 51.1 Å². The largest absolute Gasteiger partial charge is 0.450 e. The fraction of sp³-hybridized carbons (Fsp3) is 0.520. The molecule has 2 saturated heterocycles. The quantitative estimate of drug-likeness (QED) is 0.575. The molecule has 2 aliphatic heterocycles. The molecule has 188 valence electrons. The van der Waals surface area contributed by atoms with Crippen LogP contribution in [0.5, 0.6) is 0 Å². The number of nitrogens with one attached hydrogen (secondary N) is 3. The van der Waals surface area contributed by atoms with E-state index in [9.17, 15) is 14.4 Å². The van der Waals surface area contributed by atoms with Gasteiger partial charge in [-0.15, -0.1) is 0 Å². The van der Waals surface area contributed by atoms with Crippen molar-refractivity contribution >= 4 is 17.9 Å². The summed E-state index contributed by atoms with van der Waals surface area (Å²) >= 11 is 0. The lowest BCUT2D eigenvalue weighted by Crippen LogP contribution is -2.64. The van der Waals surface area contributed by atoms with Crippen molar-refractivity contribution in [1.29, 1.82) is 0 Å². The first-order valence-corrected chi connectivity index (χ1v) is 12.2. The highest BCUT2D eigenvalue weighted by Gasteiger charge is 2.43. The van der Waals surface area contributed by atoms with E-state index in [-0.39, 0.29) is 23.9 Å². The van der Waals surface area contributed by atoms with Crippen molar-refractivity contribution in [2.24, 2.45) is 0 Å². The molecule has 0 atom stereocenters. The van der Waals surface area contributed by atoms with E-state index in [1.54, 1.807) is 18.7 Å². The molecule has 0 radical (unpaired) electrons. The second kappa shape index (κ2) is 10.9. The van der Waals surface area contributed by atoms with Gasteiger partial charge in [0.25, 0.3) is 5.91 Å². The third-order valence-electron chi connectivity index (χ3n) is 6.74. The van der Waals surface area contributed by atoms with E-state index in [0.29, 0.717) is 75.5 Å². The predicted molar refractivity (Wildman–Crippen MR) is 129 cm³/mol. The average molecular weight is 484 g/mol. The fourth-order valence-corrected chi connectivity index (χ4v) is 4.72. The Morgan fingerprint density at radius 2 is 1.86 bits per heavy atom. The van der Waals surface area contributed by atoms with E-state index in [1.165, 1.54) is 0 Å². The maximum Gasteiger partial charge on any atom is 0.409 e. The molecule has 0 unspecified atom stereocenters. The van der Waals surface area contributed by atoms with Gasteiger partial charge in [-0.05, 0) is 52.6 Å². The van der Waals surface area contributed by atoms with Gasteiger partial charge in [0.2, 0.25) is 5.91 Å². The van der Waals surface area contributed by atoms with Crippen molar-refractivity contribution in [3.8, 4) is 11.3 Å². The maximum absolute atomic E-state index is 13.6. The van der Waals surface area contributed by atoms with Gasteiger partial charge in [0.05, 0.1) is 6.61 Å². The molecule has 2 fully saturated rings. The molecule has 4 rings (SSSR count). The lowest BCUT2D eigenvalue weighted by molar-refractivity contribution is -0.129. The number of hydrogen-bond donors (Lipinski definition) is 3. The van der Waals surface area contributed by atoms with Gasteiger partial charge in [-0.25, -0.2) is 4.79 Å². The van der Waals surface area contributed by atoms with Crippen LogP contribution in [-0.2, 0) is 9.53 Å². The molecule has 3 amide bonds. The summed E-state index contributed by atoms with van der Waals surface area (Å²) in [5, 5.41) is 13.5. The molecule has 0 bridgehead atoms. The Kier molecular flexibility index (Phi) is 7.70. The van der Waals surface area contributed by atoms with Gasteiger partial charge in [0, 0.05) is 24.7 Å². The number of carbonyl (C=O) groups excluding carboxylic acids is 3. The van der Waals surface area contributed by atoms with Gasteiger partial charge < -0.3 is 30.1 Å². The third kappa shape index (κ3) is 5.48. The van der Waals surface area contributed by atoms with Crippen LogP contribution >= 0.6 is 0 Å². The number of ether oxygens (including phenoxy) is 1. The van der Waals surface area contributed by atoms with Gasteiger partial charge in [-0.2, -0.15) is 0 Å². The van der Waals surface area contributed by atoms with Gasteiger partial charge in [-0.1, -0.05) is 35.5 Å². The zero-order chi connectivity index (χ0) is 24.8. The number of amides is 3. The number of piperidine rings is 2. The molecule has 10 nitrogen and oxygen atoms in total. The number of aromatic nitrogens is 1. The van der Waals surface area contributed by atoms with E-state index in [4.69, 9.17) is 9.26 Å². The number of carbonyl (C=O) groups is 3. The van der Waals surface area contributed by atoms with E-state index >= 15 is 0 Å². The minimum absolute atomic E-state index is 0.0750. The molecule has 10 heteroatoms. The predicted octanol–water partition coefficient (Wildman–Crippen LogP) is 2.24. The van der Waals surface area contributed by atoms with Crippen LogP contribution in [0, 0.1) is 6.92 Å². The highest BCUT2D eigenvalue weighted by Crippen LogP contribution is 2.27. The summed E-state index contributed by atoms with van der Waals surface area (Å²) in [7, 11) is 0. The summed E-state index contributed by atoms with van der Waals surface area (Å²) in [5.74, 6) is -0.175. The highest BCUT2D eigenvalue weighted by molar-refractivity contribution is 6.04. The van der Waals surface area contributed by atoms with Crippen molar-refractivity contribution in [2.75, 3.05) is 32.8 Å². The first-order valence-electron chi connectivity index (χ1n) is 12.2. The molecular weight excluding hydrogens is 450 g/mol. The van der Waals surface area contributed by atoms with Crippen LogP contribution in [0.25, 0.3) is 11.3 Å². The zero-order valence-corrected chi connectivity index (χ0v) is 20.3.